The van der Waals surface area contributed by atoms with Gasteiger partial charge in [0.2, 0.25) is 0 Å². The summed E-state index contributed by atoms with van der Waals surface area (Å²) in [6, 6.07) is 0. The molecule has 60 valence electrons. The number of carbonyl (C=O) groups excluding carboxylic acids is 1. The van der Waals surface area contributed by atoms with E-state index in [1.165, 1.54) is 0 Å². The van der Waals surface area contributed by atoms with E-state index in [4.69, 9.17) is 5.11 Å². The van der Waals surface area contributed by atoms with Crippen molar-refractivity contribution in [2.45, 2.75) is 26.4 Å². The van der Waals surface area contributed by atoms with E-state index in [-0.39, 0.29) is 0 Å². The molecule has 0 spiro atoms. The average molecular weight is 147 g/mol. The Labute approximate surface area is 60.1 Å². The fraction of sp³-hybridized carbons (Fsp3) is 0.833. The monoisotopic (exact) mass is 147 g/mol. The van der Waals surface area contributed by atoms with Gasteiger partial charge in [0.15, 0.2) is 6.10 Å². The number of aliphatic hydroxyl groups is 1. The molecule has 0 saturated heterocycles. The molecule has 0 amide bonds. The Bertz CT molecular complexity index is 105. The molecular weight excluding hydrogens is 134 g/mol. The molecule has 0 aromatic heterocycles. The van der Waals surface area contributed by atoms with Gasteiger partial charge in [-0.25, -0.2) is 4.79 Å². The molecule has 10 heavy (non-hydrogen) atoms. The topological polar surface area (TPSA) is 58.6 Å². The van der Waals surface area contributed by atoms with E-state index in [0.717, 1.165) is 0 Å². The van der Waals surface area contributed by atoms with Crippen molar-refractivity contribution < 1.29 is 14.7 Å². The summed E-state index contributed by atoms with van der Waals surface area (Å²) >= 11 is 0. The van der Waals surface area contributed by atoms with Crippen LogP contribution in [0, 0.1) is 0 Å². The first-order valence-electron chi connectivity index (χ1n) is 3.34. The third-order valence-electron chi connectivity index (χ3n) is 0.976. The highest BCUT2D eigenvalue weighted by Crippen LogP contribution is 1.90. The van der Waals surface area contributed by atoms with Crippen LogP contribution in [0.5, 0.6) is 0 Å². The van der Waals surface area contributed by atoms with Gasteiger partial charge in [-0.2, -0.15) is 5.48 Å². The van der Waals surface area contributed by atoms with Crippen LogP contribution >= 0.6 is 0 Å². The molecule has 0 saturated carbocycles. The minimum absolute atomic E-state index is 0.379. The van der Waals surface area contributed by atoms with Gasteiger partial charge >= 0.3 is 5.97 Å². The molecule has 4 nitrogen and oxygen atoms in total. The van der Waals surface area contributed by atoms with E-state index in [1.807, 2.05) is 0 Å². The standard InChI is InChI=1S/C6H13NO3/c1-3-5(8)6(9)10-7-4-2/h5,7-8H,3-4H2,1-2H3. The molecule has 4 heteroatoms. The van der Waals surface area contributed by atoms with Gasteiger partial charge in [-0.15, -0.1) is 0 Å². The Hall–Kier alpha value is -0.610. The number of hydroxylamine groups is 1. The highest BCUT2D eigenvalue weighted by molar-refractivity contribution is 5.73. The summed E-state index contributed by atoms with van der Waals surface area (Å²) in [6.07, 6.45) is -0.622. The van der Waals surface area contributed by atoms with Crippen LogP contribution in [-0.2, 0) is 9.63 Å². The number of carbonyl (C=O) groups is 1. The number of nitrogens with one attached hydrogen (secondary N) is 1. The highest BCUT2D eigenvalue weighted by Gasteiger charge is 2.12. The minimum atomic E-state index is -1.00. The third-order valence-corrected chi connectivity index (χ3v) is 0.976. The lowest BCUT2D eigenvalue weighted by atomic mass is 10.3. The van der Waals surface area contributed by atoms with E-state index >= 15 is 0 Å². The number of hydrogen-bond acceptors (Lipinski definition) is 4. The van der Waals surface area contributed by atoms with Crippen LogP contribution in [0.25, 0.3) is 0 Å². The molecule has 0 heterocycles. The van der Waals surface area contributed by atoms with Crippen molar-refractivity contribution in [3.63, 3.8) is 0 Å². The van der Waals surface area contributed by atoms with Gasteiger partial charge in [0.1, 0.15) is 0 Å². The Balaban J connectivity index is 3.42. The molecule has 1 atom stereocenters. The first-order chi connectivity index (χ1) is 4.72. The summed E-state index contributed by atoms with van der Waals surface area (Å²) in [5.41, 5.74) is 2.35. The van der Waals surface area contributed by atoms with Gasteiger partial charge in [-0.1, -0.05) is 6.92 Å². The predicted octanol–water partition coefficient (Wildman–Crippen LogP) is -0.175. The second-order valence-electron chi connectivity index (χ2n) is 1.84. The molecular formula is C6H13NO3. The average Bonchev–Trinajstić information content (AvgIpc) is 1.98. The third kappa shape index (κ3) is 3.42. The van der Waals surface area contributed by atoms with Crippen molar-refractivity contribution in [1.29, 1.82) is 0 Å². The molecule has 1 unspecified atom stereocenters. The van der Waals surface area contributed by atoms with Gasteiger partial charge in [-0.05, 0) is 13.3 Å². The molecule has 0 aromatic carbocycles. The maximum atomic E-state index is 10.6. The molecule has 2 N–H and O–H groups in total. The van der Waals surface area contributed by atoms with E-state index in [1.54, 1.807) is 13.8 Å². The van der Waals surface area contributed by atoms with Crippen molar-refractivity contribution in [3.05, 3.63) is 0 Å². The number of rotatable bonds is 4. The van der Waals surface area contributed by atoms with Crippen molar-refractivity contribution in [1.82, 2.24) is 5.48 Å². The van der Waals surface area contributed by atoms with E-state index < -0.39 is 12.1 Å². The van der Waals surface area contributed by atoms with Crippen molar-refractivity contribution in [2.24, 2.45) is 0 Å². The SMILES string of the molecule is CCNOC(=O)C(O)CC. The number of aliphatic hydroxyl groups excluding tert-OH is 1. The smallest absolute Gasteiger partial charge is 0.353 e. The van der Waals surface area contributed by atoms with Crippen LogP contribution < -0.4 is 5.48 Å². The van der Waals surface area contributed by atoms with E-state index in [2.05, 4.69) is 10.3 Å². The minimum Gasteiger partial charge on any atom is -0.381 e. The van der Waals surface area contributed by atoms with Gasteiger partial charge in [0.05, 0.1) is 0 Å². The van der Waals surface area contributed by atoms with Crippen LogP contribution in [0.3, 0.4) is 0 Å². The van der Waals surface area contributed by atoms with Crippen molar-refractivity contribution >= 4 is 5.97 Å². The molecule has 0 fully saturated rings. The Kier molecular flexibility index (Phi) is 4.88. The summed E-state index contributed by atoms with van der Waals surface area (Å²) in [7, 11) is 0. The van der Waals surface area contributed by atoms with E-state index in [0.29, 0.717) is 13.0 Å². The fourth-order valence-corrected chi connectivity index (χ4v) is 0.378. The Morgan fingerprint density at radius 3 is 2.70 bits per heavy atom. The van der Waals surface area contributed by atoms with Crippen molar-refractivity contribution in [3.8, 4) is 0 Å². The highest BCUT2D eigenvalue weighted by atomic mass is 16.7. The first kappa shape index (κ1) is 9.39. The van der Waals surface area contributed by atoms with Crippen LogP contribution in [-0.4, -0.2) is 23.7 Å². The molecule has 0 aliphatic heterocycles. The second-order valence-corrected chi connectivity index (χ2v) is 1.84. The molecule has 0 rings (SSSR count). The maximum absolute atomic E-state index is 10.6. The molecule has 0 bridgehead atoms. The summed E-state index contributed by atoms with van der Waals surface area (Å²) in [5.74, 6) is -0.621. The molecule has 0 aliphatic rings. The second kappa shape index (κ2) is 5.20. The Morgan fingerprint density at radius 1 is 1.70 bits per heavy atom. The molecule has 0 aliphatic carbocycles. The predicted molar refractivity (Wildman–Crippen MR) is 36.1 cm³/mol. The molecule has 0 aromatic rings. The number of hydrogen-bond donors (Lipinski definition) is 2. The normalized spacial score (nSPS) is 12.7. The van der Waals surface area contributed by atoms with Crippen LogP contribution in [0.4, 0.5) is 0 Å². The van der Waals surface area contributed by atoms with Gasteiger partial charge in [-0.3, -0.25) is 0 Å². The fourth-order valence-electron chi connectivity index (χ4n) is 0.378. The zero-order valence-corrected chi connectivity index (χ0v) is 6.26. The summed E-state index contributed by atoms with van der Waals surface area (Å²) in [4.78, 5) is 15.0. The lowest BCUT2D eigenvalue weighted by Gasteiger charge is -2.06. The van der Waals surface area contributed by atoms with Crippen LogP contribution in [0.1, 0.15) is 20.3 Å². The van der Waals surface area contributed by atoms with E-state index in [9.17, 15) is 4.79 Å². The van der Waals surface area contributed by atoms with Gasteiger partial charge < -0.3 is 9.94 Å². The first-order valence-corrected chi connectivity index (χ1v) is 3.34. The zero-order valence-electron chi connectivity index (χ0n) is 6.26. The lowest BCUT2D eigenvalue weighted by Crippen LogP contribution is -2.28. The summed E-state index contributed by atoms with van der Waals surface area (Å²) in [5, 5.41) is 8.84. The van der Waals surface area contributed by atoms with Crippen molar-refractivity contribution in [2.75, 3.05) is 6.54 Å². The van der Waals surface area contributed by atoms with Crippen LogP contribution in [0.2, 0.25) is 0 Å². The van der Waals surface area contributed by atoms with Gasteiger partial charge in [0, 0.05) is 6.54 Å². The Morgan fingerprint density at radius 2 is 2.30 bits per heavy atom. The zero-order chi connectivity index (χ0) is 7.98. The van der Waals surface area contributed by atoms with Crippen LogP contribution in [0.15, 0.2) is 0 Å². The summed E-state index contributed by atoms with van der Waals surface area (Å²) in [6.45, 7) is 4.05. The lowest BCUT2D eigenvalue weighted by molar-refractivity contribution is -0.161. The molecule has 0 radical (unpaired) electrons. The largest absolute Gasteiger partial charge is 0.381 e. The van der Waals surface area contributed by atoms with Gasteiger partial charge in [0.25, 0.3) is 0 Å². The quantitative estimate of drug-likeness (QED) is 0.542. The maximum Gasteiger partial charge on any atom is 0.353 e. The summed E-state index contributed by atoms with van der Waals surface area (Å²) < 4.78 is 0.